The summed E-state index contributed by atoms with van der Waals surface area (Å²) in [5.74, 6) is -0.669. The molecule has 8 heteroatoms. The predicted octanol–water partition coefficient (Wildman–Crippen LogP) is 3.79. The van der Waals surface area contributed by atoms with E-state index in [1.165, 1.54) is 4.90 Å². The summed E-state index contributed by atoms with van der Waals surface area (Å²) in [4.78, 5) is 28.2. The highest BCUT2D eigenvalue weighted by atomic mass is 32.2. The number of benzene rings is 2. The lowest BCUT2D eigenvalue weighted by atomic mass is 10.1. The van der Waals surface area contributed by atoms with Crippen LogP contribution in [0.2, 0.25) is 0 Å². The van der Waals surface area contributed by atoms with Crippen LogP contribution in [0.25, 0.3) is 0 Å². The quantitative estimate of drug-likeness (QED) is 0.522. The number of aryl methyl sites for hydroxylation is 2. The Bertz CT molecular complexity index is 1080. The molecule has 0 bridgehead atoms. The van der Waals surface area contributed by atoms with Crippen LogP contribution < -0.4 is 9.62 Å². The number of nitrogens with zero attached hydrogens (tertiary/aromatic N) is 2. The number of hydrogen-bond donors (Lipinski definition) is 1. The van der Waals surface area contributed by atoms with Gasteiger partial charge in [-0.1, -0.05) is 55.8 Å². The Balaban J connectivity index is 2.43. The first-order chi connectivity index (χ1) is 16.0. The molecule has 0 aromatic heterocycles. The fourth-order valence-electron chi connectivity index (χ4n) is 3.65. The second-order valence-corrected chi connectivity index (χ2v) is 10.8. The lowest BCUT2D eigenvalue weighted by Crippen LogP contribution is -2.53. The summed E-state index contributed by atoms with van der Waals surface area (Å²) in [5.41, 5.74) is 3.26. The van der Waals surface area contributed by atoms with E-state index in [1.54, 1.807) is 18.2 Å². The molecule has 0 fully saturated rings. The van der Waals surface area contributed by atoms with Crippen LogP contribution in [0.15, 0.2) is 48.5 Å². The highest BCUT2D eigenvalue weighted by Crippen LogP contribution is 2.21. The maximum absolute atomic E-state index is 13.6. The second kappa shape index (κ2) is 12.0. The fourth-order valence-corrected chi connectivity index (χ4v) is 4.49. The summed E-state index contributed by atoms with van der Waals surface area (Å²) < 4.78 is 26.4. The first-order valence-corrected chi connectivity index (χ1v) is 13.5. The van der Waals surface area contributed by atoms with E-state index in [2.05, 4.69) is 5.32 Å². The predicted molar refractivity (Wildman–Crippen MR) is 137 cm³/mol. The highest BCUT2D eigenvalue weighted by molar-refractivity contribution is 7.92. The van der Waals surface area contributed by atoms with Crippen LogP contribution >= 0.6 is 0 Å². The Kier molecular flexibility index (Phi) is 9.67. The van der Waals surface area contributed by atoms with Crippen LogP contribution in [0.3, 0.4) is 0 Å². The van der Waals surface area contributed by atoms with Crippen molar-refractivity contribution in [3.8, 4) is 0 Å². The first-order valence-electron chi connectivity index (χ1n) is 11.7. The van der Waals surface area contributed by atoms with E-state index in [0.717, 1.165) is 33.7 Å². The molecule has 2 rings (SSSR count). The molecular formula is C26H37N3O4S. The molecule has 0 aliphatic rings. The maximum Gasteiger partial charge on any atom is 0.244 e. The van der Waals surface area contributed by atoms with Crippen LogP contribution in [0.4, 0.5) is 5.69 Å². The Morgan fingerprint density at radius 1 is 0.971 bits per heavy atom. The van der Waals surface area contributed by atoms with Gasteiger partial charge in [0, 0.05) is 12.6 Å². The molecule has 0 radical (unpaired) electrons. The summed E-state index contributed by atoms with van der Waals surface area (Å²) in [7, 11) is -3.73. The van der Waals surface area contributed by atoms with E-state index in [1.807, 2.05) is 65.0 Å². The molecule has 0 aliphatic carbocycles. The van der Waals surface area contributed by atoms with Crippen molar-refractivity contribution in [3.05, 3.63) is 65.2 Å². The number of rotatable bonds is 11. The van der Waals surface area contributed by atoms with E-state index >= 15 is 0 Å². The number of hydrogen-bond acceptors (Lipinski definition) is 4. The molecule has 186 valence electrons. The average molecular weight is 488 g/mol. The summed E-state index contributed by atoms with van der Waals surface area (Å²) in [5, 5.41) is 2.97. The summed E-state index contributed by atoms with van der Waals surface area (Å²) in [6.07, 6.45) is 2.26. The number of sulfonamides is 1. The molecule has 2 unspecified atom stereocenters. The molecule has 2 aromatic carbocycles. The Morgan fingerprint density at radius 2 is 1.62 bits per heavy atom. The average Bonchev–Trinajstić information content (AvgIpc) is 2.77. The number of carbonyl (C=O) groups excluding carboxylic acids is 2. The molecule has 0 aliphatic heterocycles. The van der Waals surface area contributed by atoms with Gasteiger partial charge in [-0.15, -0.1) is 0 Å². The molecule has 34 heavy (non-hydrogen) atoms. The lowest BCUT2D eigenvalue weighted by Gasteiger charge is -2.33. The SMILES string of the molecule is CCC(C)NC(=O)C(CC)N(Cc1ccc(C)cc1)C(=O)CN(c1cccc(C)c1)S(C)(=O)=O. The Labute approximate surface area is 204 Å². The van der Waals surface area contributed by atoms with Gasteiger partial charge < -0.3 is 10.2 Å². The van der Waals surface area contributed by atoms with E-state index < -0.39 is 22.0 Å². The first kappa shape index (κ1) is 27.4. The minimum Gasteiger partial charge on any atom is -0.352 e. The Morgan fingerprint density at radius 3 is 2.15 bits per heavy atom. The van der Waals surface area contributed by atoms with Crippen LogP contribution in [0, 0.1) is 13.8 Å². The molecule has 0 saturated carbocycles. The molecule has 2 amide bonds. The zero-order valence-corrected chi connectivity index (χ0v) is 21.9. The van der Waals surface area contributed by atoms with Crippen molar-refractivity contribution >= 4 is 27.5 Å². The normalized spacial score (nSPS) is 13.1. The van der Waals surface area contributed by atoms with Gasteiger partial charge in [-0.05, 0) is 56.9 Å². The molecule has 1 N–H and O–H groups in total. The highest BCUT2D eigenvalue weighted by Gasteiger charge is 2.32. The van der Waals surface area contributed by atoms with Crippen molar-refractivity contribution in [1.82, 2.24) is 10.2 Å². The van der Waals surface area contributed by atoms with Crippen molar-refractivity contribution in [2.24, 2.45) is 0 Å². The van der Waals surface area contributed by atoms with E-state index in [-0.39, 0.29) is 25.0 Å². The van der Waals surface area contributed by atoms with Crippen molar-refractivity contribution in [3.63, 3.8) is 0 Å². The van der Waals surface area contributed by atoms with Gasteiger partial charge in [-0.3, -0.25) is 13.9 Å². The molecule has 0 spiro atoms. The maximum atomic E-state index is 13.6. The van der Waals surface area contributed by atoms with Gasteiger partial charge in [0.15, 0.2) is 0 Å². The summed E-state index contributed by atoms with van der Waals surface area (Å²) >= 11 is 0. The molecule has 0 heterocycles. The van der Waals surface area contributed by atoms with E-state index in [0.29, 0.717) is 12.1 Å². The van der Waals surface area contributed by atoms with Crippen LogP contribution in [-0.4, -0.2) is 50.0 Å². The number of anilines is 1. The standard InChI is InChI=1S/C26H37N3O4S/c1-7-21(5)27-26(31)24(8-2)28(17-22-14-12-19(3)13-15-22)25(30)18-29(34(6,32)33)23-11-9-10-20(4)16-23/h9-16,21,24H,7-8,17-18H2,1-6H3,(H,27,31). The van der Waals surface area contributed by atoms with Crippen LogP contribution in [0.5, 0.6) is 0 Å². The monoisotopic (exact) mass is 487 g/mol. The molecular weight excluding hydrogens is 450 g/mol. The molecule has 0 saturated heterocycles. The van der Waals surface area contributed by atoms with E-state index in [4.69, 9.17) is 0 Å². The fraction of sp³-hybridized carbons (Fsp3) is 0.462. The third-order valence-electron chi connectivity index (χ3n) is 5.83. The van der Waals surface area contributed by atoms with Gasteiger partial charge in [0.05, 0.1) is 11.9 Å². The molecule has 7 nitrogen and oxygen atoms in total. The van der Waals surface area contributed by atoms with E-state index in [9.17, 15) is 18.0 Å². The van der Waals surface area contributed by atoms with Gasteiger partial charge in [0.2, 0.25) is 21.8 Å². The van der Waals surface area contributed by atoms with Crippen molar-refractivity contribution in [1.29, 1.82) is 0 Å². The smallest absolute Gasteiger partial charge is 0.244 e. The van der Waals surface area contributed by atoms with Crippen molar-refractivity contribution in [2.45, 2.75) is 66.1 Å². The Hall–Kier alpha value is -2.87. The van der Waals surface area contributed by atoms with Crippen LogP contribution in [-0.2, 0) is 26.2 Å². The zero-order valence-electron chi connectivity index (χ0n) is 21.0. The molecule has 2 aromatic rings. The zero-order chi connectivity index (χ0) is 25.5. The number of nitrogens with one attached hydrogen (secondary N) is 1. The number of carbonyl (C=O) groups is 2. The molecule has 2 atom stereocenters. The lowest BCUT2D eigenvalue weighted by molar-refractivity contribution is -0.140. The summed E-state index contributed by atoms with van der Waals surface area (Å²) in [6, 6.07) is 14.0. The van der Waals surface area contributed by atoms with Gasteiger partial charge >= 0.3 is 0 Å². The third-order valence-corrected chi connectivity index (χ3v) is 6.97. The largest absolute Gasteiger partial charge is 0.352 e. The van der Waals surface area contributed by atoms with Gasteiger partial charge in [0.25, 0.3) is 0 Å². The van der Waals surface area contributed by atoms with Gasteiger partial charge in [-0.25, -0.2) is 8.42 Å². The summed E-state index contributed by atoms with van der Waals surface area (Å²) in [6.45, 7) is 9.41. The van der Waals surface area contributed by atoms with Gasteiger partial charge in [-0.2, -0.15) is 0 Å². The topological polar surface area (TPSA) is 86.8 Å². The third kappa shape index (κ3) is 7.58. The van der Waals surface area contributed by atoms with Crippen molar-refractivity contribution in [2.75, 3.05) is 17.1 Å². The number of amides is 2. The van der Waals surface area contributed by atoms with Crippen LogP contribution in [0.1, 0.15) is 50.3 Å². The minimum absolute atomic E-state index is 0.0299. The second-order valence-electron chi connectivity index (χ2n) is 8.86. The minimum atomic E-state index is -3.73. The van der Waals surface area contributed by atoms with Crippen molar-refractivity contribution < 1.29 is 18.0 Å². The van der Waals surface area contributed by atoms with Gasteiger partial charge in [0.1, 0.15) is 12.6 Å².